The molecular weight excluding hydrogens is 370 g/mol. The van der Waals surface area contributed by atoms with E-state index in [2.05, 4.69) is 0 Å². The van der Waals surface area contributed by atoms with E-state index in [-0.39, 0.29) is 24.3 Å². The zero-order valence-electron chi connectivity index (χ0n) is 17.6. The lowest BCUT2D eigenvalue weighted by atomic mass is 10.1. The van der Waals surface area contributed by atoms with Crippen molar-refractivity contribution in [1.29, 1.82) is 0 Å². The van der Waals surface area contributed by atoms with E-state index < -0.39 is 6.04 Å². The summed E-state index contributed by atoms with van der Waals surface area (Å²) in [5, 5.41) is 0. The molecule has 0 unspecified atom stereocenters. The minimum atomic E-state index is -0.494. The van der Waals surface area contributed by atoms with Gasteiger partial charge in [-0.25, -0.2) is 0 Å². The van der Waals surface area contributed by atoms with Gasteiger partial charge in [0.2, 0.25) is 17.7 Å². The van der Waals surface area contributed by atoms with Gasteiger partial charge in [0.1, 0.15) is 18.4 Å². The number of nitrogens with zero attached hydrogens (tertiary/aromatic N) is 3. The van der Waals surface area contributed by atoms with Gasteiger partial charge in [0.05, 0.1) is 13.1 Å². The van der Waals surface area contributed by atoms with Crippen molar-refractivity contribution < 1.29 is 19.1 Å². The van der Waals surface area contributed by atoms with Crippen LogP contribution in [0.5, 0.6) is 5.75 Å². The molecule has 2 fully saturated rings. The molecule has 7 heteroatoms. The van der Waals surface area contributed by atoms with Crippen LogP contribution in [0, 0.1) is 13.8 Å². The number of rotatable bonds is 8. The molecule has 3 amide bonds. The summed E-state index contributed by atoms with van der Waals surface area (Å²) in [6, 6.07) is 5.41. The van der Waals surface area contributed by atoms with Crippen molar-refractivity contribution >= 4 is 17.7 Å². The minimum absolute atomic E-state index is 0.0379. The van der Waals surface area contributed by atoms with E-state index in [1.807, 2.05) is 36.9 Å². The van der Waals surface area contributed by atoms with Crippen molar-refractivity contribution in [2.45, 2.75) is 46.1 Å². The predicted molar refractivity (Wildman–Crippen MR) is 110 cm³/mol. The Hall–Kier alpha value is -2.57. The SMILES string of the molecule is Cc1cccc(OCCN2C(=O)CN(CCCN3CCCC3=O)C(=O)[C@@H]2C)c1C. The predicted octanol–water partition coefficient (Wildman–Crippen LogP) is 1.75. The smallest absolute Gasteiger partial charge is 0.245 e. The highest BCUT2D eigenvalue weighted by Crippen LogP contribution is 2.21. The van der Waals surface area contributed by atoms with Crippen LogP contribution in [0.2, 0.25) is 0 Å². The van der Waals surface area contributed by atoms with Gasteiger partial charge in [-0.3, -0.25) is 14.4 Å². The van der Waals surface area contributed by atoms with Crippen LogP contribution in [-0.4, -0.2) is 77.8 Å². The summed E-state index contributed by atoms with van der Waals surface area (Å²) in [5.74, 6) is 0.906. The molecule has 1 aromatic carbocycles. The average Bonchev–Trinajstić information content (AvgIpc) is 3.10. The summed E-state index contributed by atoms with van der Waals surface area (Å²) >= 11 is 0. The Morgan fingerprint density at radius 1 is 1.03 bits per heavy atom. The van der Waals surface area contributed by atoms with E-state index in [1.165, 1.54) is 0 Å². The van der Waals surface area contributed by atoms with E-state index >= 15 is 0 Å². The summed E-state index contributed by atoms with van der Waals surface area (Å²) in [4.78, 5) is 42.1. The maximum atomic E-state index is 12.7. The van der Waals surface area contributed by atoms with Gasteiger partial charge in [-0.1, -0.05) is 12.1 Å². The van der Waals surface area contributed by atoms with Crippen LogP contribution in [-0.2, 0) is 14.4 Å². The van der Waals surface area contributed by atoms with Crippen LogP contribution in [0.4, 0.5) is 0 Å². The Balaban J connectivity index is 1.47. The van der Waals surface area contributed by atoms with Gasteiger partial charge in [0.25, 0.3) is 0 Å². The lowest BCUT2D eigenvalue weighted by Crippen LogP contribution is -2.59. The van der Waals surface area contributed by atoms with Crippen molar-refractivity contribution in [2.75, 3.05) is 39.3 Å². The summed E-state index contributed by atoms with van der Waals surface area (Å²) in [6.45, 7) is 8.61. The van der Waals surface area contributed by atoms with Crippen molar-refractivity contribution in [1.82, 2.24) is 14.7 Å². The third-order valence-corrected chi connectivity index (χ3v) is 5.96. The minimum Gasteiger partial charge on any atom is -0.491 e. The fourth-order valence-corrected chi connectivity index (χ4v) is 3.98. The quantitative estimate of drug-likeness (QED) is 0.666. The van der Waals surface area contributed by atoms with Crippen molar-refractivity contribution in [2.24, 2.45) is 0 Å². The first-order valence-electron chi connectivity index (χ1n) is 10.4. The van der Waals surface area contributed by atoms with Crippen molar-refractivity contribution in [3.63, 3.8) is 0 Å². The topological polar surface area (TPSA) is 70.2 Å². The third kappa shape index (κ3) is 4.89. The van der Waals surface area contributed by atoms with Gasteiger partial charge in [0, 0.05) is 26.1 Å². The first-order chi connectivity index (χ1) is 13.9. The zero-order valence-corrected chi connectivity index (χ0v) is 17.6. The molecule has 2 saturated heterocycles. The van der Waals surface area contributed by atoms with Crippen LogP contribution < -0.4 is 4.74 Å². The normalized spacial score (nSPS) is 20.0. The van der Waals surface area contributed by atoms with Crippen LogP contribution >= 0.6 is 0 Å². The summed E-state index contributed by atoms with van der Waals surface area (Å²) in [5.41, 5.74) is 2.25. The second-order valence-corrected chi connectivity index (χ2v) is 7.91. The zero-order chi connectivity index (χ0) is 21.0. The molecule has 29 heavy (non-hydrogen) atoms. The molecule has 0 aromatic heterocycles. The molecule has 2 aliphatic heterocycles. The first kappa shape index (κ1) is 21.1. The molecule has 0 N–H and O–H groups in total. The van der Waals surface area contributed by atoms with Crippen molar-refractivity contribution in [3.8, 4) is 5.75 Å². The largest absolute Gasteiger partial charge is 0.491 e. The molecule has 7 nitrogen and oxygen atoms in total. The Morgan fingerprint density at radius 2 is 1.79 bits per heavy atom. The molecule has 0 bridgehead atoms. The lowest BCUT2D eigenvalue weighted by Gasteiger charge is -2.38. The van der Waals surface area contributed by atoms with E-state index in [4.69, 9.17) is 4.74 Å². The maximum Gasteiger partial charge on any atom is 0.245 e. The Labute approximate surface area is 172 Å². The van der Waals surface area contributed by atoms with Gasteiger partial charge in [-0.15, -0.1) is 0 Å². The number of carbonyl (C=O) groups is 3. The van der Waals surface area contributed by atoms with Crippen LogP contribution in [0.1, 0.15) is 37.3 Å². The number of amides is 3. The molecule has 1 aromatic rings. The molecule has 2 heterocycles. The molecule has 0 spiro atoms. The molecule has 3 rings (SSSR count). The van der Waals surface area contributed by atoms with Gasteiger partial charge in [-0.05, 0) is 50.8 Å². The second kappa shape index (κ2) is 9.29. The highest BCUT2D eigenvalue weighted by Gasteiger charge is 2.36. The highest BCUT2D eigenvalue weighted by atomic mass is 16.5. The molecule has 0 aliphatic carbocycles. The number of hydrogen-bond donors (Lipinski definition) is 0. The molecule has 0 radical (unpaired) electrons. The Kier molecular flexibility index (Phi) is 6.77. The third-order valence-electron chi connectivity index (χ3n) is 5.96. The highest BCUT2D eigenvalue weighted by molar-refractivity contribution is 5.94. The number of likely N-dealkylation sites (tertiary alicyclic amines) is 1. The number of hydrogen-bond acceptors (Lipinski definition) is 4. The first-order valence-corrected chi connectivity index (χ1v) is 10.4. The summed E-state index contributed by atoms with van der Waals surface area (Å²) in [6.07, 6.45) is 2.24. The molecule has 0 saturated carbocycles. The Bertz CT molecular complexity index is 779. The number of ether oxygens (including phenoxy) is 1. The van der Waals surface area contributed by atoms with Gasteiger partial charge in [-0.2, -0.15) is 0 Å². The number of aryl methyl sites for hydroxylation is 1. The fourth-order valence-electron chi connectivity index (χ4n) is 3.98. The molecule has 158 valence electrons. The maximum absolute atomic E-state index is 12.7. The summed E-state index contributed by atoms with van der Waals surface area (Å²) in [7, 11) is 0. The van der Waals surface area contributed by atoms with Crippen LogP contribution in [0.15, 0.2) is 18.2 Å². The van der Waals surface area contributed by atoms with E-state index in [1.54, 1.807) is 16.7 Å². The van der Waals surface area contributed by atoms with Crippen molar-refractivity contribution in [3.05, 3.63) is 29.3 Å². The Morgan fingerprint density at radius 3 is 2.52 bits per heavy atom. The van der Waals surface area contributed by atoms with Gasteiger partial charge in [0.15, 0.2) is 0 Å². The standard InChI is InChI=1S/C22H31N3O4/c1-16-7-4-8-19(17(16)2)29-14-13-25-18(3)22(28)24(15-21(25)27)12-6-11-23-10-5-9-20(23)26/h4,7-8,18H,5-6,9-15H2,1-3H3/t18-/m0/s1. The van der Waals surface area contributed by atoms with E-state index in [9.17, 15) is 14.4 Å². The lowest BCUT2D eigenvalue weighted by molar-refractivity contribution is -0.155. The van der Waals surface area contributed by atoms with E-state index in [0.717, 1.165) is 29.8 Å². The molecular formula is C22H31N3O4. The number of piperazine rings is 1. The van der Waals surface area contributed by atoms with Gasteiger partial charge >= 0.3 is 0 Å². The average molecular weight is 402 g/mol. The second-order valence-electron chi connectivity index (χ2n) is 7.91. The van der Waals surface area contributed by atoms with Crippen LogP contribution in [0.3, 0.4) is 0 Å². The number of benzene rings is 1. The van der Waals surface area contributed by atoms with Gasteiger partial charge < -0.3 is 19.4 Å². The molecule has 2 aliphatic rings. The van der Waals surface area contributed by atoms with Crippen LogP contribution in [0.25, 0.3) is 0 Å². The number of carbonyl (C=O) groups excluding carboxylic acids is 3. The van der Waals surface area contributed by atoms with E-state index in [0.29, 0.717) is 39.1 Å². The monoisotopic (exact) mass is 401 g/mol. The molecule has 1 atom stereocenters. The fraction of sp³-hybridized carbons (Fsp3) is 0.591. The summed E-state index contributed by atoms with van der Waals surface area (Å²) < 4.78 is 5.85.